The second-order valence-corrected chi connectivity index (χ2v) is 6.01. The fourth-order valence-electron chi connectivity index (χ4n) is 2.89. The first-order chi connectivity index (χ1) is 13.0. The molecule has 2 aromatic carbocycles. The van der Waals surface area contributed by atoms with Crippen molar-refractivity contribution in [3.8, 4) is 0 Å². The second kappa shape index (κ2) is 7.77. The number of aromatic nitrogens is 3. The van der Waals surface area contributed by atoms with Crippen LogP contribution in [0.4, 0.5) is 5.69 Å². The predicted molar refractivity (Wildman–Crippen MR) is 101 cm³/mol. The molecule has 0 aliphatic rings. The molecule has 27 heavy (non-hydrogen) atoms. The number of amides is 1. The van der Waals surface area contributed by atoms with E-state index >= 15 is 0 Å². The van der Waals surface area contributed by atoms with Gasteiger partial charge in [-0.25, -0.2) is 4.68 Å². The van der Waals surface area contributed by atoms with Gasteiger partial charge in [-0.1, -0.05) is 23.4 Å². The van der Waals surface area contributed by atoms with Crippen LogP contribution >= 0.6 is 0 Å². The van der Waals surface area contributed by atoms with E-state index in [1.807, 2.05) is 13.0 Å². The van der Waals surface area contributed by atoms with Crippen LogP contribution in [-0.2, 0) is 13.1 Å². The van der Waals surface area contributed by atoms with Gasteiger partial charge in [0.2, 0.25) is 0 Å². The van der Waals surface area contributed by atoms with Crippen molar-refractivity contribution in [2.24, 2.45) is 0 Å². The molecule has 0 radical (unpaired) electrons. The predicted octanol–water partition coefficient (Wildman–Crippen LogP) is 3.19. The van der Waals surface area contributed by atoms with Crippen LogP contribution in [0.2, 0.25) is 0 Å². The first kappa shape index (κ1) is 18.2. The topological polar surface area (TPSA) is 94.2 Å². The van der Waals surface area contributed by atoms with Gasteiger partial charge in [0.15, 0.2) is 0 Å². The highest BCUT2D eigenvalue weighted by molar-refractivity contribution is 5.97. The molecule has 1 aromatic heterocycles. The van der Waals surface area contributed by atoms with Gasteiger partial charge in [-0.05, 0) is 30.7 Å². The summed E-state index contributed by atoms with van der Waals surface area (Å²) in [6.45, 7) is 6.93. The smallest absolute Gasteiger partial charge is 0.269 e. The average Bonchev–Trinajstić information content (AvgIpc) is 3.09. The molecule has 1 heterocycles. The van der Waals surface area contributed by atoms with Crippen molar-refractivity contribution in [1.29, 1.82) is 0 Å². The standard InChI is InChI=1S/C19H19N5O3/c1-3-10-22(13-14-6-5-7-16(11-14)24(26)27)19(25)15-8-9-18-17(12-15)20-21-23(18)4-2/h3,5-9,11-12H,1,4,10,13H2,2H3. The van der Waals surface area contributed by atoms with E-state index < -0.39 is 4.92 Å². The zero-order valence-electron chi connectivity index (χ0n) is 14.9. The summed E-state index contributed by atoms with van der Waals surface area (Å²) in [4.78, 5) is 25.1. The molecule has 3 aromatic rings. The van der Waals surface area contributed by atoms with Gasteiger partial charge in [0.1, 0.15) is 5.52 Å². The van der Waals surface area contributed by atoms with Crippen LogP contribution in [0.25, 0.3) is 11.0 Å². The van der Waals surface area contributed by atoms with E-state index in [1.165, 1.54) is 12.1 Å². The lowest BCUT2D eigenvalue weighted by molar-refractivity contribution is -0.384. The Bertz CT molecular complexity index is 1010. The van der Waals surface area contributed by atoms with E-state index in [2.05, 4.69) is 16.9 Å². The van der Waals surface area contributed by atoms with Gasteiger partial charge in [-0.3, -0.25) is 14.9 Å². The molecule has 1 amide bonds. The average molecular weight is 365 g/mol. The van der Waals surface area contributed by atoms with E-state index in [4.69, 9.17) is 0 Å². The van der Waals surface area contributed by atoms with Gasteiger partial charge in [-0.2, -0.15) is 0 Å². The Morgan fingerprint density at radius 1 is 1.33 bits per heavy atom. The van der Waals surface area contributed by atoms with Gasteiger partial charge in [0.05, 0.1) is 10.4 Å². The van der Waals surface area contributed by atoms with Crippen molar-refractivity contribution >= 4 is 22.6 Å². The van der Waals surface area contributed by atoms with Crippen LogP contribution in [0.5, 0.6) is 0 Å². The minimum Gasteiger partial charge on any atom is -0.331 e. The molecule has 8 nitrogen and oxygen atoms in total. The van der Waals surface area contributed by atoms with Gasteiger partial charge in [0, 0.05) is 37.3 Å². The molecule has 0 spiro atoms. The highest BCUT2D eigenvalue weighted by Gasteiger charge is 2.18. The first-order valence-corrected chi connectivity index (χ1v) is 8.50. The van der Waals surface area contributed by atoms with Crippen LogP contribution in [-0.4, -0.2) is 37.3 Å². The number of fused-ring (bicyclic) bond motifs is 1. The van der Waals surface area contributed by atoms with Crippen molar-refractivity contribution in [3.63, 3.8) is 0 Å². The number of aryl methyl sites for hydroxylation is 1. The maximum absolute atomic E-state index is 13.0. The van der Waals surface area contributed by atoms with Crippen molar-refractivity contribution in [2.75, 3.05) is 6.54 Å². The number of non-ortho nitro benzene ring substituents is 1. The summed E-state index contributed by atoms with van der Waals surface area (Å²) in [5.41, 5.74) is 2.67. The van der Waals surface area contributed by atoms with Crippen LogP contribution in [0.15, 0.2) is 55.1 Å². The molecule has 0 N–H and O–H groups in total. The van der Waals surface area contributed by atoms with Crippen molar-refractivity contribution in [2.45, 2.75) is 20.0 Å². The molecule has 0 unspecified atom stereocenters. The number of hydrogen-bond acceptors (Lipinski definition) is 5. The summed E-state index contributed by atoms with van der Waals surface area (Å²) >= 11 is 0. The van der Waals surface area contributed by atoms with Gasteiger partial charge in [-0.15, -0.1) is 11.7 Å². The zero-order valence-corrected chi connectivity index (χ0v) is 14.9. The molecule has 0 bridgehead atoms. The lowest BCUT2D eigenvalue weighted by Gasteiger charge is -2.21. The van der Waals surface area contributed by atoms with Gasteiger partial charge in [0.25, 0.3) is 11.6 Å². The fourth-order valence-corrected chi connectivity index (χ4v) is 2.89. The van der Waals surface area contributed by atoms with E-state index in [-0.39, 0.29) is 18.1 Å². The van der Waals surface area contributed by atoms with Crippen LogP contribution in [0.3, 0.4) is 0 Å². The largest absolute Gasteiger partial charge is 0.331 e. The normalized spacial score (nSPS) is 10.7. The molecule has 0 fully saturated rings. The molecule has 8 heteroatoms. The second-order valence-electron chi connectivity index (χ2n) is 6.01. The SMILES string of the molecule is C=CCN(Cc1cccc([N+](=O)[O-])c1)C(=O)c1ccc2c(c1)nnn2CC. The van der Waals surface area contributed by atoms with Gasteiger partial charge >= 0.3 is 0 Å². The summed E-state index contributed by atoms with van der Waals surface area (Å²) < 4.78 is 1.76. The molecule has 0 saturated carbocycles. The lowest BCUT2D eigenvalue weighted by atomic mass is 10.1. The highest BCUT2D eigenvalue weighted by Crippen LogP contribution is 2.18. The number of hydrogen-bond donors (Lipinski definition) is 0. The number of carbonyl (C=O) groups excluding carboxylic acids is 1. The summed E-state index contributed by atoms with van der Waals surface area (Å²) in [7, 11) is 0. The van der Waals surface area contributed by atoms with E-state index in [9.17, 15) is 14.9 Å². The highest BCUT2D eigenvalue weighted by atomic mass is 16.6. The Morgan fingerprint density at radius 2 is 2.15 bits per heavy atom. The minimum atomic E-state index is -0.450. The molecular weight excluding hydrogens is 346 g/mol. The van der Waals surface area contributed by atoms with Gasteiger partial charge < -0.3 is 4.90 Å². The third-order valence-corrected chi connectivity index (χ3v) is 4.19. The van der Waals surface area contributed by atoms with Crippen LogP contribution in [0, 0.1) is 10.1 Å². The zero-order chi connectivity index (χ0) is 19.4. The molecule has 0 aliphatic heterocycles. The number of nitro groups is 1. The minimum absolute atomic E-state index is 0.00361. The summed E-state index contributed by atoms with van der Waals surface area (Å²) in [5, 5.41) is 19.1. The molecular formula is C19H19N5O3. The Hall–Kier alpha value is -3.55. The molecule has 0 saturated heterocycles. The number of benzene rings is 2. The Morgan fingerprint density at radius 3 is 2.85 bits per heavy atom. The summed E-state index contributed by atoms with van der Waals surface area (Å²) in [5.74, 6) is -0.200. The van der Waals surface area contributed by atoms with Crippen molar-refractivity contribution in [1.82, 2.24) is 19.9 Å². The number of rotatable bonds is 7. The van der Waals surface area contributed by atoms with Crippen LogP contribution in [0.1, 0.15) is 22.8 Å². The van der Waals surface area contributed by atoms with Crippen molar-refractivity contribution in [3.05, 3.63) is 76.4 Å². The maximum Gasteiger partial charge on any atom is 0.269 e. The van der Waals surface area contributed by atoms with Crippen molar-refractivity contribution < 1.29 is 9.72 Å². The number of nitro benzene ring substituents is 1. The Balaban J connectivity index is 1.88. The molecule has 138 valence electrons. The molecule has 3 rings (SSSR count). The number of carbonyl (C=O) groups is 1. The Kier molecular flexibility index (Phi) is 5.25. The summed E-state index contributed by atoms with van der Waals surface area (Å²) in [6, 6.07) is 11.5. The lowest BCUT2D eigenvalue weighted by Crippen LogP contribution is -2.30. The van der Waals surface area contributed by atoms with E-state index in [1.54, 1.807) is 39.9 Å². The number of nitrogens with zero attached hydrogens (tertiary/aromatic N) is 5. The third-order valence-electron chi connectivity index (χ3n) is 4.19. The Labute approximate surface area is 155 Å². The van der Waals surface area contributed by atoms with E-state index in [0.717, 1.165) is 5.52 Å². The maximum atomic E-state index is 13.0. The quantitative estimate of drug-likeness (QED) is 0.364. The fraction of sp³-hybridized carbons (Fsp3) is 0.211. The summed E-state index contributed by atoms with van der Waals surface area (Å²) in [6.07, 6.45) is 1.63. The first-order valence-electron chi connectivity index (χ1n) is 8.50. The van der Waals surface area contributed by atoms with Crippen LogP contribution < -0.4 is 0 Å². The molecule has 0 atom stereocenters. The third kappa shape index (κ3) is 3.84. The monoisotopic (exact) mass is 365 g/mol. The van der Waals surface area contributed by atoms with E-state index in [0.29, 0.717) is 29.7 Å². The molecule has 0 aliphatic carbocycles.